The summed E-state index contributed by atoms with van der Waals surface area (Å²) in [4.78, 5) is 12.7. The van der Waals surface area contributed by atoms with Gasteiger partial charge in [0.05, 0.1) is 18.7 Å². The molecule has 4 rings (SSSR count). The first-order chi connectivity index (χ1) is 12.0. The Labute approximate surface area is 151 Å². The van der Waals surface area contributed by atoms with E-state index in [0.29, 0.717) is 18.4 Å². The highest BCUT2D eigenvalue weighted by molar-refractivity contribution is 7.17. The first-order valence-corrected chi connectivity index (χ1v) is 9.71. The van der Waals surface area contributed by atoms with Crippen molar-refractivity contribution in [3.05, 3.63) is 46.5 Å². The number of nitrogens with one attached hydrogen (secondary N) is 1. The SMILES string of the molecule is Cc1ccc2scc(CC(=O)Nc3c(C)cnn3C(C)C3CC3)c2c1. The number of thiophene rings is 1. The molecule has 0 saturated heterocycles. The zero-order chi connectivity index (χ0) is 17.6. The van der Waals surface area contributed by atoms with E-state index in [1.165, 1.54) is 28.5 Å². The van der Waals surface area contributed by atoms with Gasteiger partial charge >= 0.3 is 0 Å². The zero-order valence-corrected chi connectivity index (χ0v) is 15.7. The fraction of sp³-hybridized carbons (Fsp3) is 0.400. The molecule has 1 fully saturated rings. The fourth-order valence-corrected chi connectivity index (χ4v) is 4.32. The Morgan fingerprint density at radius 3 is 2.96 bits per heavy atom. The summed E-state index contributed by atoms with van der Waals surface area (Å²) in [7, 11) is 0. The number of amides is 1. The molecule has 1 unspecified atom stereocenters. The summed E-state index contributed by atoms with van der Waals surface area (Å²) in [6.45, 7) is 6.28. The number of anilines is 1. The van der Waals surface area contributed by atoms with Gasteiger partial charge in [0.1, 0.15) is 5.82 Å². The summed E-state index contributed by atoms with van der Waals surface area (Å²) in [6.07, 6.45) is 4.76. The molecule has 4 nitrogen and oxygen atoms in total. The van der Waals surface area contributed by atoms with Crippen LogP contribution >= 0.6 is 11.3 Å². The predicted octanol–water partition coefficient (Wildman–Crippen LogP) is 4.87. The van der Waals surface area contributed by atoms with Gasteiger partial charge in [-0.3, -0.25) is 4.79 Å². The topological polar surface area (TPSA) is 46.9 Å². The van der Waals surface area contributed by atoms with Crippen molar-refractivity contribution in [2.45, 2.75) is 46.1 Å². The van der Waals surface area contributed by atoms with Crippen LogP contribution < -0.4 is 5.32 Å². The summed E-state index contributed by atoms with van der Waals surface area (Å²) in [6, 6.07) is 6.75. The van der Waals surface area contributed by atoms with Gasteiger partial charge in [-0.25, -0.2) is 4.68 Å². The number of hydrogen-bond acceptors (Lipinski definition) is 3. The molecule has 1 aromatic carbocycles. The normalized spacial score (nSPS) is 15.5. The van der Waals surface area contributed by atoms with Gasteiger partial charge in [0, 0.05) is 10.3 Å². The first-order valence-electron chi connectivity index (χ1n) is 8.83. The van der Waals surface area contributed by atoms with Crippen LogP contribution in [-0.4, -0.2) is 15.7 Å². The Morgan fingerprint density at radius 1 is 1.40 bits per heavy atom. The summed E-state index contributed by atoms with van der Waals surface area (Å²) < 4.78 is 3.22. The van der Waals surface area contributed by atoms with Crippen LogP contribution in [0.25, 0.3) is 10.1 Å². The molecule has 0 radical (unpaired) electrons. The quantitative estimate of drug-likeness (QED) is 0.711. The third kappa shape index (κ3) is 3.21. The maximum Gasteiger partial charge on any atom is 0.229 e. The first kappa shape index (κ1) is 16.3. The molecule has 1 amide bonds. The zero-order valence-electron chi connectivity index (χ0n) is 14.9. The molecule has 3 aromatic rings. The Morgan fingerprint density at radius 2 is 2.20 bits per heavy atom. The number of carbonyl (C=O) groups excluding carboxylic acids is 1. The van der Waals surface area contributed by atoms with E-state index in [0.717, 1.165) is 16.9 Å². The molecule has 0 bridgehead atoms. The van der Waals surface area contributed by atoms with Gasteiger partial charge in [-0.15, -0.1) is 11.3 Å². The average Bonchev–Trinajstić information content (AvgIpc) is 3.28. The minimum Gasteiger partial charge on any atom is -0.310 e. The molecule has 130 valence electrons. The molecular weight excluding hydrogens is 330 g/mol. The molecule has 1 saturated carbocycles. The molecular formula is C20H23N3OS. The number of carbonyl (C=O) groups is 1. The fourth-order valence-electron chi connectivity index (χ4n) is 3.37. The number of benzene rings is 1. The monoisotopic (exact) mass is 353 g/mol. The molecule has 5 heteroatoms. The molecule has 1 atom stereocenters. The van der Waals surface area contributed by atoms with Crippen LogP contribution in [-0.2, 0) is 11.2 Å². The van der Waals surface area contributed by atoms with E-state index in [4.69, 9.17) is 0 Å². The molecule has 0 aliphatic heterocycles. The summed E-state index contributed by atoms with van der Waals surface area (Å²) in [5, 5.41) is 10.9. The number of aromatic nitrogens is 2. The van der Waals surface area contributed by atoms with Crippen molar-refractivity contribution in [3.8, 4) is 0 Å². The van der Waals surface area contributed by atoms with E-state index >= 15 is 0 Å². The summed E-state index contributed by atoms with van der Waals surface area (Å²) in [5.41, 5.74) is 3.34. The van der Waals surface area contributed by atoms with Gasteiger partial charge in [0.2, 0.25) is 5.91 Å². The van der Waals surface area contributed by atoms with Gasteiger partial charge < -0.3 is 5.32 Å². The van der Waals surface area contributed by atoms with Crippen LogP contribution in [0.3, 0.4) is 0 Å². The Balaban J connectivity index is 1.54. The second-order valence-corrected chi connectivity index (χ2v) is 8.10. The van der Waals surface area contributed by atoms with Crippen molar-refractivity contribution >= 4 is 33.1 Å². The standard InChI is InChI=1S/C20H23N3OS/c1-12-4-7-18-17(8-12)16(11-25-18)9-19(24)22-20-13(2)10-21-23(20)14(3)15-5-6-15/h4,7-8,10-11,14-15H,5-6,9H2,1-3H3,(H,22,24). The average molecular weight is 353 g/mol. The van der Waals surface area contributed by atoms with Crippen molar-refractivity contribution in [3.63, 3.8) is 0 Å². The van der Waals surface area contributed by atoms with Crippen LogP contribution in [0.5, 0.6) is 0 Å². The van der Waals surface area contributed by atoms with E-state index in [-0.39, 0.29) is 5.91 Å². The lowest BCUT2D eigenvalue weighted by atomic mass is 10.1. The number of aryl methyl sites for hydroxylation is 2. The van der Waals surface area contributed by atoms with Gasteiger partial charge in [-0.05, 0) is 61.9 Å². The van der Waals surface area contributed by atoms with E-state index in [1.807, 2.05) is 17.8 Å². The van der Waals surface area contributed by atoms with E-state index < -0.39 is 0 Å². The molecule has 2 heterocycles. The van der Waals surface area contributed by atoms with Crippen LogP contribution in [0.1, 0.15) is 42.5 Å². The second kappa shape index (κ2) is 6.30. The van der Waals surface area contributed by atoms with Crippen LogP contribution in [0.4, 0.5) is 5.82 Å². The Bertz CT molecular complexity index is 936. The highest BCUT2D eigenvalue weighted by Crippen LogP contribution is 2.40. The van der Waals surface area contributed by atoms with Crippen molar-refractivity contribution in [2.75, 3.05) is 5.32 Å². The molecule has 1 aliphatic rings. The lowest BCUT2D eigenvalue weighted by Gasteiger charge is -2.16. The number of rotatable bonds is 5. The van der Waals surface area contributed by atoms with E-state index in [9.17, 15) is 4.79 Å². The van der Waals surface area contributed by atoms with Gasteiger partial charge in [0.15, 0.2) is 0 Å². The number of hydrogen-bond donors (Lipinski definition) is 1. The molecule has 2 aromatic heterocycles. The van der Waals surface area contributed by atoms with E-state index in [1.54, 1.807) is 11.3 Å². The minimum atomic E-state index is 0.0223. The lowest BCUT2D eigenvalue weighted by Crippen LogP contribution is -2.20. The van der Waals surface area contributed by atoms with Gasteiger partial charge in [0.25, 0.3) is 0 Å². The third-order valence-electron chi connectivity index (χ3n) is 5.09. The maximum atomic E-state index is 12.7. The number of nitrogens with zero attached hydrogens (tertiary/aromatic N) is 2. The Kier molecular flexibility index (Phi) is 4.12. The largest absolute Gasteiger partial charge is 0.310 e. The third-order valence-corrected chi connectivity index (χ3v) is 6.10. The molecule has 25 heavy (non-hydrogen) atoms. The van der Waals surface area contributed by atoms with Gasteiger partial charge in [-0.2, -0.15) is 5.10 Å². The van der Waals surface area contributed by atoms with Crippen LogP contribution in [0, 0.1) is 19.8 Å². The van der Waals surface area contributed by atoms with Gasteiger partial charge in [-0.1, -0.05) is 17.7 Å². The van der Waals surface area contributed by atoms with Crippen molar-refractivity contribution in [1.82, 2.24) is 9.78 Å². The smallest absolute Gasteiger partial charge is 0.229 e. The molecule has 1 N–H and O–H groups in total. The Hall–Kier alpha value is -2.14. The second-order valence-electron chi connectivity index (χ2n) is 7.18. The predicted molar refractivity (Wildman–Crippen MR) is 103 cm³/mol. The van der Waals surface area contributed by atoms with Crippen molar-refractivity contribution in [1.29, 1.82) is 0 Å². The highest BCUT2D eigenvalue weighted by Gasteiger charge is 2.31. The maximum absolute atomic E-state index is 12.7. The minimum absolute atomic E-state index is 0.0223. The van der Waals surface area contributed by atoms with Crippen molar-refractivity contribution in [2.24, 2.45) is 5.92 Å². The highest BCUT2D eigenvalue weighted by atomic mass is 32.1. The number of fused-ring (bicyclic) bond motifs is 1. The van der Waals surface area contributed by atoms with Crippen LogP contribution in [0.15, 0.2) is 29.8 Å². The molecule has 1 aliphatic carbocycles. The van der Waals surface area contributed by atoms with Crippen molar-refractivity contribution < 1.29 is 4.79 Å². The summed E-state index contributed by atoms with van der Waals surface area (Å²) in [5.74, 6) is 1.56. The van der Waals surface area contributed by atoms with Crippen LogP contribution in [0.2, 0.25) is 0 Å². The summed E-state index contributed by atoms with van der Waals surface area (Å²) >= 11 is 1.70. The van der Waals surface area contributed by atoms with E-state index in [2.05, 4.69) is 47.8 Å². The lowest BCUT2D eigenvalue weighted by molar-refractivity contribution is -0.115. The molecule has 0 spiro atoms.